The summed E-state index contributed by atoms with van der Waals surface area (Å²) in [5.41, 5.74) is 6.65. The van der Waals surface area contributed by atoms with Gasteiger partial charge in [-0.2, -0.15) is 0 Å². The van der Waals surface area contributed by atoms with E-state index in [0.29, 0.717) is 13.0 Å². The molecule has 12 heavy (non-hydrogen) atoms. The van der Waals surface area contributed by atoms with Gasteiger partial charge in [-0.1, -0.05) is 11.6 Å². The summed E-state index contributed by atoms with van der Waals surface area (Å²) in [6.07, 6.45) is 2.37. The highest BCUT2D eigenvalue weighted by atomic mass is 16.1. The normalized spacial score (nSPS) is 12.0. The molecule has 1 atom stereocenters. The van der Waals surface area contributed by atoms with E-state index in [4.69, 9.17) is 5.73 Å². The minimum absolute atomic E-state index is 0.0162. The average molecular weight is 170 g/mol. The van der Waals surface area contributed by atoms with Crippen LogP contribution in [0, 0.1) is 0 Å². The van der Waals surface area contributed by atoms with Crippen LogP contribution < -0.4 is 11.1 Å². The third-order valence-corrected chi connectivity index (χ3v) is 1.32. The molecule has 0 aromatic heterocycles. The molecule has 1 amide bonds. The van der Waals surface area contributed by atoms with Crippen LogP contribution in [0.25, 0.3) is 0 Å². The molecule has 0 saturated heterocycles. The first-order valence-electron chi connectivity index (χ1n) is 4.18. The van der Waals surface area contributed by atoms with Crippen LogP contribution in [-0.2, 0) is 4.79 Å². The quantitative estimate of drug-likeness (QED) is 0.613. The molecule has 0 aliphatic carbocycles. The molecule has 0 bridgehead atoms. The minimum atomic E-state index is -0.0586. The Morgan fingerprint density at radius 3 is 2.58 bits per heavy atom. The molecule has 0 radical (unpaired) electrons. The van der Waals surface area contributed by atoms with Gasteiger partial charge in [0.1, 0.15) is 0 Å². The smallest absolute Gasteiger partial charge is 0.221 e. The van der Waals surface area contributed by atoms with E-state index in [9.17, 15) is 4.79 Å². The third-order valence-electron chi connectivity index (χ3n) is 1.32. The average Bonchev–Trinajstić information content (AvgIpc) is 1.84. The van der Waals surface area contributed by atoms with Gasteiger partial charge in [0, 0.05) is 19.0 Å². The maximum Gasteiger partial charge on any atom is 0.221 e. The number of hydrogen-bond acceptors (Lipinski definition) is 2. The number of nitrogens with one attached hydrogen (secondary N) is 1. The minimum Gasteiger partial charge on any atom is -0.353 e. The van der Waals surface area contributed by atoms with E-state index in [1.165, 1.54) is 5.57 Å². The SMILES string of the molecule is CC(C)=CCNC(=O)CC(C)N. The zero-order valence-electron chi connectivity index (χ0n) is 8.05. The van der Waals surface area contributed by atoms with E-state index in [-0.39, 0.29) is 11.9 Å². The highest BCUT2D eigenvalue weighted by Crippen LogP contribution is 1.88. The van der Waals surface area contributed by atoms with E-state index >= 15 is 0 Å². The fourth-order valence-electron chi connectivity index (χ4n) is 0.734. The second-order valence-corrected chi connectivity index (χ2v) is 3.27. The molecule has 0 rings (SSSR count). The number of carbonyl (C=O) groups is 1. The molecular formula is C9H18N2O. The Kier molecular flexibility index (Phi) is 5.37. The van der Waals surface area contributed by atoms with E-state index in [1.807, 2.05) is 26.8 Å². The van der Waals surface area contributed by atoms with Crippen molar-refractivity contribution in [2.24, 2.45) is 5.73 Å². The molecule has 0 spiro atoms. The number of rotatable bonds is 4. The Balaban J connectivity index is 3.51. The second kappa shape index (κ2) is 5.77. The summed E-state index contributed by atoms with van der Waals surface area (Å²) in [5, 5.41) is 2.75. The first kappa shape index (κ1) is 11.2. The number of nitrogens with two attached hydrogens (primary N) is 1. The molecular weight excluding hydrogens is 152 g/mol. The molecule has 0 aliphatic heterocycles. The molecule has 0 saturated carbocycles. The topological polar surface area (TPSA) is 55.1 Å². The number of carbonyl (C=O) groups excluding carboxylic acids is 1. The Hall–Kier alpha value is -0.830. The monoisotopic (exact) mass is 170 g/mol. The van der Waals surface area contributed by atoms with Gasteiger partial charge in [0.05, 0.1) is 0 Å². The highest BCUT2D eigenvalue weighted by Gasteiger charge is 2.01. The van der Waals surface area contributed by atoms with Gasteiger partial charge in [-0.15, -0.1) is 0 Å². The van der Waals surface area contributed by atoms with Crippen molar-refractivity contribution in [3.8, 4) is 0 Å². The molecule has 3 heteroatoms. The molecule has 0 aliphatic rings. The van der Waals surface area contributed by atoms with Gasteiger partial charge >= 0.3 is 0 Å². The van der Waals surface area contributed by atoms with Gasteiger partial charge in [-0.3, -0.25) is 4.79 Å². The molecule has 0 aromatic rings. The maximum atomic E-state index is 11.0. The van der Waals surface area contributed by atoms with Crippen molar-refractivity contribution in [1.29, 1.82) is 0 Å². The summed E-state index contributed by atoms with van der Waals surface area (Å²) in [4.78, 5) is 11.0. The van der Waals surface area contributed by atoms with Crippen LogP contribution in [0.15, 0.2) is 11.6 Å². The van der Waals surface area contributed by atoms with Crippen LogP contribution in [0.5, 0.6) is 0 Å². The first-order valence-corrected chi connectivity index (χ1v) is 4.18. The van der Waals surface area contributed by atoms with Crippen LogP contribution in [-0.4, -0.2) is 18.5 Å². The van der Waals surface area contributed by atoms with Gasteiger partial charge in [0.2, 0.25) is 5.91 Å². The third kappa shape index (κ3) is 7.28. The molecule has 0 aromatic carbocycles. The van der Waals surface area contributed by atoms with Gasteiger partial charge in [0.25, 0.3) is 0 Å². The van der Waals surface area contributed by atoms with Gasteiger partial charge in [-0.05, 0) is 20.8 Å². The van der Waals surface area contributed by atoms with Crippen molar-refractivity contribution in [2.45, 2.75) is 33.2 Å². The lowest BCUT2D eigenvalue weighted by Crippen LogP contribution is -2.29. The van der Waals surface area contributed by atoms with E-state index in [2.05, 4.69) is 5.32 Å². The molecule has 0 heterocycles. The van der Waals surface area contributed by atoms with Crippen molar-refractivity contribution in [3.05, 3.63) is 11.6 Å². The van der Waals surface area contributed by atoms with Crippen LogP contribution in [0.1, 0.15) is 27.2 Å². The fraction of sp³-hybridized carbons (Fsp3) is 0.667. The van der Waals surface area contributed by atoms with Crippen molar-refractivity contribution < 1.29 is 4.79 Å². The van der Waals surface area contributed by atoms with Crippen molar-refractivity contribution >= 4 is 5.91 Å². The lowest BCUT2D eigenvalue weighted by Gasteiger charge is -2.04. The van der Waals surface area contributed by atoms with E-state index < -0.39 is 0 Å². The van der Waals surface area contributed by atoms with Crippen LogP contribution in [0.4, 0.5) is 0 Å². The van der Waals surface area contributed by atoms with Crippen LogP contribution >= 0.6 is 0 Å². The Bertz CT molecular complexity index is 169. The van der Waals surface area contributed by atoms with Crippen molar-refractivity contribution in [1.82, 2.24) is 5.32 Å². The summed E-state index contributed by atoms with van der Waals surface area (Å²) >= 11 is 0. The molecule has 70 valence electrons. The van der Waals surface area contributed by atoms with Crippen LogP contribution in [0.2, 0.25) is 0 Å². The van der Waals surface area contributed by atoms with Crippen LogP contribution in [0.3, 0.4) is 0 Å². The predicted octanol–water partition coefficient (Wildman–Crippen LogP) is 0.806. The van der Waals surface area contributed by atoms with Gasteiger partial charge < -0.3 is 11.1 Å². The number of allylic oxidation sites excluding steroid dienone is 1. The number of amides is 1. The Morgan fingerprint density at radius 2 is 2.17 bits per heavy atom. The first-order chi connectivity index (χ1) is 5.52. The zero-order chi connectivity index (χ0) is 9.56. The summed E-state index contributed by atoms with van der Waals surface area (Å²) in [5.74, 6) is 0.0162. The zero-order valence-corrected chi connectivity index (χ0v) is 8.05. The largest absolute Gasteiger partial charge is 0.353 e. The van der Waals surface area contributed by atoms with E-state index in [0.717, 1.165) is 0 Å². The summed E-state index contributed by atoms with van der Waals surface area (Å²) in [6, 6.07) is -0.0586. The second-order valence-electron chi connectivity index (χ2n) is 3.27. The molecule has 3 N–H and O–H groups in total. The predicted molar refractivity (Wildman–Crippen MR) is 50.7 cm³/mol. The van der Waals surface area contributed by atoms with E-state index in [1.54, 1.807) is 0 Å². The lowest BCUT2D eigenvalue weighted by atomic mass is 10.2. The lowest BCUT2D eigenvalue weighted by molar-refractivity contribution is -0.121. The summed E-state index contributed by atoms with van der Waals surface area (Å²) in [7, 11) is 0. The Morgan fingerprint density at radius 1 is 1.58 bits per heavy atom. The fourth-order valence-corrected chi connectivity index (χ4v) is 0.734. The van der Waals surface area contributed by atoms with Crippen molar-refractivity contribution in [3.63, 3.8) is 0 Å². The molecule has 3 nitrogen and oxygen atoms in total. The molecule has 1 unspecified atom stereocenters. The van der Waals surface area contributed by atoms with Gasteiger partial charge in [-0.25, -0.2) is 0 Å². The maximum absolute atomic E-state index is 11.0. The number of hydrogen-bond donors (Lipinski definition) is 2. The summed E-state index contributed by atoms with van der Waals surface area (Å²) in [6.45, 7) is 6.42. The Labute approximate surface area is 74.0 Å². The highest BCUT2D eigenvalue weighted by molar-refractivity contribution is 5.76. The molecule has 0 fully saturated rings. The van der Waals surface area contributed by atoms with Gasteiger partial charge in [0.15, 0.2) is 0 Å². The summed E-state index contributed by atoms with van der Waals surface area (Å²) < 4.78 is 0. The standard InChI is InChI=1S/C9H18N2O/c1-7(2)4-5-11-9(12)6-8(3)10/h4,8H,5-6,10H2,1-3H3,(H,11,12). The van der Waals surface area contributed by atoms with Crippen molar-refractivity contribution in [2.75, 3.05) is 6.54 Å².